The number of rotatable bonds is 6. The van der Waals surface area contributed by atoms with E-state index in [0.29, 0.717) is 12.4 Å². The number of pyridine rings is 1. The van der Waals surface area contributed by atoms with Crippen LogP contribution in [0, 0.1) is 6.92 Å². The van der Waals surface area contributed by atoms with Crippen LogP contribution in [0.5, 0.6) is 17.4 Å². The summed E-state index contributed by atoms with van der Waals surface area (Å²) < 4.78 is 11.3. The number of hydrogen-bond donors (Lipinski definition) is 1. The van der Waals surface area contributed by atoms with Gasteiger partial charge in [-0.2, -0.15) is 0 Å². The van der Waals surface area contributed by atoms with E-state index in [4.69, 9.17) is 9.47 Å². The monoisotopic (exact) mass is 287 g/mol. The van der Waals surface area contributed by atoms with Crippen LogP contribution < -0.4 is 9.47 Å². The van der Waals surface area contributed by atoms with Crippen LogP contribution in [0.15, 0.2) is 36.5 Å². The highest BCUT2D eigenvalue weighted by molar-refractivity contribution is 5.91. The summed E-state index contributed by atoms with van der Waals surface area (Å²) in [5.74, 6) is 0.00685. The molecule has 110 valence electrons. The maximum atomic E-state index is 11.3. The van der Waals surface area contributed by atoms with Crippen molar-refractivity contribution in [3.05, 3.63) is 47.7 Å². The quantitative estimate of drug-likeness (QED) is 0.877. The maximum absolute atomic E-state index is 11.3. The fourth-order valence-electron chi connectivity index (χ4n) is 1.83. The highest BCUT2D eigenvalue weighted by Crippen LogP contribution is 2.33. The number of aromatic carboxylic acids is 1. The van der Waals surface area contributed by atoms with E-state index in [1.807, 2.05) is 6.92 Å². The van der Waals surface area contributed by atoms with Gasteiger partial charge in [-0.05, 0) is 37.1 Å². The number of carbonyl (C=O) groups is 1. The first-order valence-electron chi connectivity index (χ1n) is 6.72. The molecule has 5 nitrogen and oxygen atoms in total. The average molecular weight is 287 g/mol. The molecule has 1 aromatic carbocycles. The molecule has 1 N–H and O–H groups in total. The molecule has 0 saturated carbocycles. The summed E-state index contributed by atoms with van der Waals surface area (Å²) in [7, 11) is 0. The molecule has 0 amide bonds. The maximum Gasteiger partial charge on any atom is 0.339 e. The van der Waals surface area contributed by atoms with Crippen LogP contribution in [0.4, 0.5) is 0 Å². The Morgan fingerprint density at radius 1 is 1.29 bits per heavy atom. The van der Waals surface area contributed by atoms with Gasteiger partial charge >= 0.3 is 5.97 Å². The minimum atomic E-state index is -1.04. The van der Waals surface area contributed by atoms with Gasteiger partial charge in [-0.1, -0.05) is 19.1 Å². The summed E-state index contributed by atoms with van der Waals surface area (Å²) in [5.41, 5.74) is 0.823. The molecular weight excluding hydrogens is 270 g/mol. The van der Waals surface area contributed by atoms with Gasteiger partial charge in [-0.15, -0.1) is 0 Å². The Labute approximate surface area is 123 Å². The van der Waals surface area contributed by atoms with Gasteiger partial charge in [-0.3, -0.25) is 0 Å². The van der Waals surface area contributed by atoms with Crippen LogP contribution in [-0.2, 0) is 0 Å². The summed E-state index contributed by atoms with van der Waals surface area (Å²) in [5, 5.41) is 9.25. The van der Waals surface area contributed by atoms with Crippen molar-refractivity contribution in [3.63, 3.8) is 0 Å². The lowest BCUT2D eigenvalue weighted by Gasteiger charge is -2.13. The predicted octanol–water partition coefficient (Wildman–Crippen LogP) is 3.67. The van der Waals surface area contributed by atoms with Gasteiger partial charge in [0, 0.05) is 6.20 Å². The number of aromatic nitrogens is 1. The number of ether oxygens (including phenoxy) is 2. The molecule has 0 fully saturated rings. The number of carboxylic acids is 1. The molecule has 0 bridgehead atoms. The van der Waals surface area contributed by atoms with Crippen LogP contribution in [-0.4, -0.2) is 22.7 Å². The standard InChI is InChI=1S/C16H17NO4/c1-3-10-20-13-8-5-9-17-15(13)21-14-11(2)6-4-7-12(14)16(18)19/h4-9H,3,10H2,1-2H3,(H,18,19). The smallest absolute Gasteiger partial charge is 0.339 e. The summed E-state index contributed by atoms with van der Waals surface area (Å²) in [6, 6.07) is 8.46. The number of para-hydroxylation sites is 1. The van der Waals surface area contributed by atoms with E-state index < -0.39 is 5.97 Å². The van der Waals surface area contributed by atoms with E-state index in [-0.39, 0.29) is 17.2 Å². The Bertz CT molecular complexity index is 640. The van der Waals surface area contributed by atoms with Gasteiger partial charge in [0.15, 0.2) is 5.75 Å². The molecule has 0 spiro atoms. The van der Waals surface area contributed by atoms with Gasteiger partial charge in [0.25, 0.3) is 5.88 Å². The third-order valence-electron chi connectivity index (χ3n) is 2.84. The lowest BCUT2D eigenvalue weighted by Crippen LogP contribution is -2.04. The van der Waals surface area contributed by atoms with Crippen molar-refractivity contribution in [3.8, 4) is 17.4 Å². The van der Waals surface area contributed by atoms with Gasteiger partial charge in [0.2, 0.25) is 0 Å². The van der Waals surface area contributed by atoms with E-state index >= 15 is 0 Å². The molecular formula is C16H17NO4. The number of nitrogens with zero attached hydrogens (tertiary/aromatic N) is 1. The Balaban J connectivity index is 2.37. The second-order valence-electron chi connectivity index (χ2n) is 4.51. The lowest BCUT2D eigenvalue weighted by atomic mass is 10.1. The zero-order valence-corrected chi connectivity index (χ0v) is 12.0. The largest absolute Gasteiger partial charge is 0.488 e. The molecule has 2 rings (SSSR count). The fraction of sp³-hybridized carbons (Fsp3) is 0.250. The first-order valence-corrected chi connectivity index (χ1v) is 6.72. The molecule has 1 aromatic heterocycles. The number of benzene rings is 1. The summed E-state index contributed by atoms with van der Waals surface area (Å²) in [6.07, 6.45) is 2.44. The van der Waals surface area contributed by atoms with E-state index in [1.54, 1.807) is 37.4 Å². The molecule has 0 unspecified atom stereocenters. The van der Waals surface area contributed by atoms with E-state index in [9.17, 15) is 9.90 Å². The van der Waals surface area contributed by atoms with Crippen molar-refractivity contribution in [1.82, 2.24) is 4.98 Å². The number of aryl methyl sites for hydroxylation is 1. The SMILES string of the molecule is CCCOc1cccnc1Oc1c(C)cccc1C(=O)O. The normalized spacial score (nSPS) is 10.2. The zero-order valence-electron chi connectivity index (χ0n) is 12.0. The Morgan fingerprint density at radius 2 is 2.10 bits per heavy atom. The Hall–Kier alpha value is -2.56. The molecule has 0 aliphatic rings. The van der Waals surface area contributed by atoms with E-state index in [2.05, 4.69) is 4.98 Å². The average Bonchev–Trinajstić information content (AvgIpc) is 2.48. The van der Waals surface area contributed by atoms with Crippen molar-refractivity contribution < 1.29 is 19.4 Å². The first-order chi connectivity index (χ1) is 10.1. The zero-order chi connectivity index (χ0) is 15.2. The summed E-state index contributed by atoms with van der Waals surface area (Å²) in [6.45, 7) is 4.33. The van der Waals surface area contributed by atoms with Crippen LogP contribution >= 0.6 is 0 Å². The molecule has 2 aromatic rings. The minimum Gasteiger partial charge on any atom is -0.488 e. The second-order valence-corrected chi connectivity index (χ2v) is 4.51. The van der Waals surface area contributed by atoms with Crippen LogP contribution in [0.2, 0.25) is 0 Å². The molecule has 0 atom stereocenters. The lowest BCUT2D eigenvalue weighted by molar-refractivity contribution is 0.0693. The van der Waals surface area contributed by atoms with Crippen molar-refractivity contribution in [2.24, 2.45) is 0 Å². The van der Waals surface area contributed by atoms with Gasteiger partial charge in [-0.25, -0.2) is 9.78 Å². The third kappa shape index (κ3) is 3.51. The molecule has 0 aliphatic carbocycles. The molecule has 1 heterocycles. The Morgan fingerprint density at radius 3 is 2.81 bits per heavy atom. The van der Waals surface area contributed by atoms with E-state index in [1.165, 1.54) is 6.07 Å². The van der Waals surface area contributed by atoms with Crippen molar-refractivity contribution >= 4 is 5.97 Å². The highest BCUT2D eigenvalue weighted by Gasteiger charge is 2.16. The fourth-order valence-corrected chi connectivity index (χ4v) is 1.83. The summed E-state index contributed by atoms with van der Waals surface area (Å²) in [4.78, 5) is 15.4. The Kier molecular flexibility index (Phi) is 4.77. The van der Waals surface area contributed by atoms with Gasteiger partial charge < -0.3 is 14.6 Å². The van der Waals surface area contributed by atoms with Crippen molar-refractivity contribution in [2.45, 2.75) is 20.3 Å². The summed E-state index contributed by atoms with van der Waals surface area (Å²) >= 11 is 0. The van der Waals surface area contributed by atoms with Crippen molar-refractivity contribution in [2.75, 3.05) is 6.61 Å². The van der Waals surface area contributed by atoms with Crippen LogP contribution in [0.1, 0.15) is 29.3 Å². The van der Waals surface area contributed by atoms with Gasteiger partial charge in [0.05, 0.1) is 6.61 Å². The number of hydrogen-bond acceptors (Lipinski definition) is 4. The predicted molar refractivity (Wildman–Crippen MR) is 78.2 cm³/mol. The molecule has 0 aliphatic heterocycles. The number of carboxylic acid groups (broad SMARTS) is 1. The molecule has 0 radical (unpaired) electrons. The highest BCUT2D eigenvalue weighted by atomic mass is 16.5. The van der Waals surface area contributed by atoms with Crippen LogP contribution in [0.25, 0.3) is 0 Å². The first kappa shape index (κ1) is 14.8. The topological polar surface area (TPSA) is 68.7 Å². The molecule has 0 saturated heterocycles. The second kappa shape index (κ2) is 6.74. The van der Waals surface area contributed by atoms with Crippen molar-refractivity contribution in [1.29, 1.82) is 0 Å². The molecule has 5 heteroatoms. The third-order valence-corrected chi connectivity index (χ3v) is 2.84. The van der Waals surface area contributed by atoms with Crippen LogP contribution in [0.3, 0.4) is 0 Å². The van der Waals surface area contributed by atoms with E-state index in [0.717, 1.165) is 12.0 Å². The molecule has 21 heavy (non-hydrogen) atoms. The van der Waals surface area contributed by atoms with Gasteiger partial charge in [0.1, 0.15) is 11.3 Å². The minimum absolute atomic E-state index is 0.0992.